The van der Waals surface area contributed by atoms with Crippen molar-refractivity contribution in [1.82, 2.24) is 5.43 Å². The fraction of sp³-hybridized carbons (Fsp3) is 0.455. The number of nitrogens with two attached hydrogens (primary N) is 1. The predicted octanol–water partition coefficient (Wildman–Crippen LogP) is 2.68. The minimum absolute atomic E-state index is 0.0564. The molecule has 3 nitrogen and oxygen atoms in total. The summed E-state index contributed by atoms with van der Waals surface area (Å²) in [5.41, 5.74) is 1.89. The summed E-state index contributed by atoms with van der Waals surface area (Å²) in [6.45, 7) is -1.88. The highest BCUT2D eigenvalue weighted by Crippen LogP contribution is 2.23. The highest BCUT2D eigenvalue weighted by Gasteiger charge is 2.28. The van der Waals surface area contributed by atoms with Crippen molar-refractivity contribution in [2.45, 2.75) is 18.6 Å². The summed E-state index contributed by atoms with van der Waals surface area (Å²) >= 11 is 2.90. The van der Waals surface area contributed by atoms with Crippen molar-refractivity contribution in [2.24, 2.45) is 5.84 Å². The van der Waals surface area contributed by atoms with Crippen LogP contribution >= 0.6 is 15.9 Å². The van der Waals surface area contributed by atoms with Crippen LogP contribution in [0.3, 0.4) is 0 Å². The van der Waals surface area contributed by atoms with E-state index in [-0.39, 0.29) is 16.5 Å². The van der Waals surface area contributed by atoms with Gasteiger partial charge in [-0.25, -0.2) is 8.78 Å². The van der Waals surface area contributed by atoms with Gasteiger partial charge in [-0.2, -0.15) is 13.2 Å². The molecule has 0 aliphatic carbocycles. The normalized spacial score (nSPS) is 13.6. The van der Waals surface area contributed by atoms with E-state index in [9.17, 15) is 22.0 Å². The fourth-order valence-corrected chi connectivity index (χ4v) is 1.86. The van der Waals surface area contributed by atoms with Crippen LogP contribution < -0.4 is 11.3 Å². The smallest absolute Gasteiger partial charge is 0.370 e. The Bertz CT molecular complexity index is 455. The topological polar surface area (TPSA) is 47.3 Å². The molecule has 1 unspecified atom stereocenters. The van der Waals surface area contributed by atoms with Crippen molar-refractivity contribution in [1.29, 1.82) is 0 Å². The summed E-state index contributed by atoms with van der Waals surface area (Å²) < 4.78 is 67.4. The SMILES string of the molecule is NNC(COCC(F)(F)F)Cc1c(F)ccc(Br)c1F. The maximum absolute atomic E-state index is 13.7. The van der Waals surface area contributed by atoms with Crippen molar-refractivity contribution < 1.29 is 26.7 Å². The van der Waals surface area contributed by atoms with Crippen LogP contribution in [0.4, 0.5) is 22.0 Å². The zero-order valence-electron chi connectivity index (χ0n) is 10.1. The Morgan fingerprint density at radius 3 is 2.50 bits per heavy atom. The number of hydrogen-bond acceptors (Lipinski definition) is 3. The van der Waals surface area contributed by atoms with E-state index < -0.39 is 37.1 Å². The third-order valence-electron chi connectivity index (χ3n) is 2.41. The Labute approximate surface area is 120 Å². The first-order chi connectivity index (χ1) is 9.24. The van der Waals surface area contributed by atoms with Gasteiger partial charge >= 0.3 is 6.18 Å². The van der Waals surface area contributed by atoms with Gasteiger partial charge < -0.3 is 4.74 Å². The van der Waals surface area contributed by atoms with Crippen LogP contribution in [0.15, 0.2) is 16.6 Å². The lowest BCUT2D eigenvalue weighted by Gasteiger charge is -2.18. The van der Waals surface area contributed by atoms with E-state index in [1.165, 1.54) is 6.07 Å². The summed E-state index contributed by atoms with van der Waals surface area (Å²) in [6.07, 6.45) is -4.71. The molecular weight excluding hydrogens is 351 g/mol. The Balaban J connectivity index is 2.67. The van der Waals surface area contributed by atoms with Crippen LogP contribution in [0.25, 0.3) is 0 Å². The van der Waals surface area contributed by atoms with E-state index in [2.05, 4.69) is 26.1 Å². The molecule has 3 N–H and O–H groups in total. The molecule has 0 saturated carbocycles. The number of halogens is 6. The highest BCUT2D eigenvalue weighted by molar-refractivity contribution is 9.10. The summed E-state index contributed by atoms with van der Waals surface area (Å²) in [7, 11) is 0. The summed E-state index contributed by atoms with van der Waals surface area (Å²) in [6, 6.07) is 1.39. The molecule has 114 valence electrons. The largest absolute Gasteiger partial charge is 0.411 e. The number of ether oxygens (including phenoxy) is 1. The molecule has 1 aromatic rings. The molecule has 0 fully saturated rings. The van der Waals surface area contributed by atoms with E-state index in [0.717, 1.165) is 6.07 Å². The number of hydrazine groups is 1. The number of alkyl halides is 3. The second-order valence-electron chi connectivity index (χ2n) is 4.02. The van der Waals surface area contributed by atoms with E-state index in [1.807, 2.05) is 0 Å². The van der Waals surface area contributed by atoms with Gasteiger partial charge in [-0.15, -0.1) is 0 Å². The fourth-order valence-electron chi connectivity index (χ4n) is 1.49. The van der Waals surface area contributed by atoms with Gasteiger partial charge in [0.05, 0.1) is 11.1 Å². The van der Waals surface area contributed by atoms with Gasteiger partial charge in [0.25, 0.3) is 0 Å². The second kappa shape index (κ2) is 7.30. The van der Waals surface area contributed by atoms with Crippen molar-refractivity contribution >= 4 is 15.9 Å². The number of rotatable bonds is 6. The van der Waals surface area contributed by atoms with Gasteiger partial charge in [0.15, 0.2) is 0 Å². The van der Waals surface area contributed by atoms with Crippen molar-refractivity contribution in [3.63, 3.8) is 0 Å². The Hall–Kier alpha value is -0.770. The van der Waals surface area contributed by atoms with Gasteiger partial charge in [-0.1, -0.05) is 0 Å². The molecule has 20 heavy (non-hydrogen) atoms. The quantitative estimate of drug-likeness (QED) is 0.354. The van der Waals surface area contributed by atoms with E-state index in [0.29, 0.717) is 0 Å². The lowest BCUT2D eigenvalue weighted by molar-refractivity contribution is -0.175. The lowest BCUT2D eigenvalue weighted by Crippen LogP contribution is -2.41. The van der Waals surface area contributed by atoms with Crippen LogP contribution in [-0.4, -0.2) is 25.4 Å². The zero-order valence-corrected chi connectivity index (χ0v) is 11.7. The van der Waals surface area contributed by atoms with E-state index >= 15 is 0 Å². The molecule has 9 heteroatoms. The molecule has 0 bridgehead atoms. The number of benzene rings is 1. The number of nitrogens with one attached hydrogen (secondary N) is 1. The third-order valence-corrected chi connectivity index (χ3v) is 3.02. The molecule has 0 amide bonds. The molecule has 0 heterocycles. The monoisotopic (exact) mass is 362 g/mol. The number of hydrogen-bond donors (Lipinski definition) is 2. The van der Waals surface area contributed by atoms with Gasteiger partial charge in [0, 0.05) is 11.6 Å². The summed E-state index contributed by atoms with van der Waals surface area (Å²) in [5.74, 6) is 3.52. The molecular formula is C11H12BrF5N2O. The predicted molar refractivity (Wildman–Crippen MR) is 65.7 cm³/mol. The maximum Gasteiger partial charge on any atom is 0.411 e. The van der Waals surface area contributed by atoms with Crippen LogP contribution in [0, 0.1) is 11.6 Å². The van der Waals surface area contributed by atoms with Crippen molar-refractivity contribution in [3.8, 4) is 0 Å². The average Bonchev–Trinajstić information content (AvgIpc) is 2.35. The summed E-state index contributed by atoms with van der Waals surface area (Å²) in [5, 5.41) is 0. The molecule has 0 radical (unpaired) electrons. The first-order valence-corrected chi connectivity index (χ1v) is 6.27. The van der Waals surface area contributed by atoms with Gasteiger partial charge in [0.1, 0.15) is 18.2 Å². The van der Waals surface area contributed by atoms with E-state index in [4.69, 9.17) is 5.84 Å². The van der Waals surface area contributed by atoms with Crippen molar-refractivity contribution in [2.75, 3.05) is 13.2 Å². The first kappa shape index (κ1) is 17.3. The van der Waals surface area contributed by atoms with Gasteiger partial charge in [-0.3, -0.25) is 11.3 Å². The van der Waals surface area contributed by atoms with Crippen LogP contribution in [-0.2, 0) is 11.2 Å². The molecule has 1 rings (SSSR count). The Morgan fingerprint density at radius 1 is 1.30 bits per heavy atom. The van der Waals surface area contributed by atoms with Gasteiger partial charge in [0.2, 0.25) is 0 Å². The summed E-state index contributed by atoms with van der Waals surface area (Å²) in [4.78, 5) is 0. The second-order valence-corrected chi connectivity index (χ2v) is 4.87. The lowest BCUT2D eigenvalue weighted by atomic mass is 10.1. The zero-order chi connectivity index (χ0) is 15.3. The maximum atomic E-state index is 13.7. The van der Waals surface area contributed by atoms with Crippen LogP contribution in [0.1, 0.15) is 5.56 Å². The molecule has 0 aromatic heterocycles. The average molecular weight is 363 g/mol. The molecule has 0 spiro atoms. The standard InChI is InChI=1S/C11H12BrF5N2O/c12-8-1-2-9(13)7(10(8)14)3-6(19-18)4-20-5-11(15,16)17/h1-2,6,19H,3-5,18H2. The van der Waals surface area contributed by atoms with Gasteiger partial charge in [-0.05, 0) is 34.5 Å². The Kier molecular flexibility index (Phi) is 6.31. The molecule has 0 aliphatic rings. The van der Waals surface area contributed by atoms with Crippen molar-refractivity contribution in [3.05, 3.63) is 33.8 Å². The minimum Gasteiger partial charge on any atom is -0.370 e. The minimum atomic E-state index is -4.47. The molecule has 0 aliphatic heterocycles. The molecule has 1 atom stereocenters. The Morgan fingerprint density at radius 2 is 1.95 bits per heavy atom. The van der Waals surface area contributed by atoms with E-state index in [1.54, 1.807) is 0 Å². The molecule has 0 saturated heterocycles. The van der Waals surface area contributed by atoms with Crippen LogP contribution in [0.5, 0.6) is 0 Å². The molecule has 1 aromatic carbocycles. The third kappa shape index (κ3) is 5.31. The first-order valence-electron chi connectivity index (χ1n) is 5.47. The highest BCUT2D eigenvalue weighted by atomic mass is 79.9. The van der Waals surface area contributed by atoms with Crippen LogP contribution in [0.2, 0.25) is 0 Å².